The molecule has 0 spiro atoms. The standard InChI is InChI=1S/C19H18ClFN6O/c20-17-10-15(21)6-5-13(17)9-18(28)26-8-2-4-16(26)12-27-24-19(23-25-27)14-3-1-7-22-11-14/h1,3,5-7,10-11,16H,2,4,8-9,12H2/t16-/m0/s1. The lowest BCUT2D eigenvalue weighted by Gasteiger charge is -2.24. The SMILES string of the molecule is O=C(Cc1ccc(F)cc1Cl)N1CCC[C@H]1Cn1nnc(-c2cccnc2)n1. The minimum absolute atomic E-state index is 0.0114. The summed E-state index contributed by atoms with van der Waals surface area (Å²) in [5.41, 5.74) is 1.41. The van der Waals surface area contributed by atoms with E-state index in [1.807, 2.05) is 17.0 Å². The Kier molecular flexibility index (Phi) is 5.29. The van der Waals surface area contributed by atoms with Crippen LogP contribution in [0.3, 0.4) is 0 Å². The average Bonchev–Trinajstić information content (AvgIpc) is 3.35. The topological polar surface area (TPSA) is 76.8 Å². The highest BCUT2D eigenvalue weighted by molar-refractivity contribution is 6.31. The Hall–Kier alpha value is -2.87. The molecule has 9 heteroatoms. The molecule has 1 aliphatic rings. The summed E-state index contributed by atoms with van der Waals surface area (Å²) in [5.74, 6) is 0.0487. The van der Waals surface area contributed by atoms with Crippen molar-refractivity contribution in [1.29, 1.82) is 0 Å². The van der Waals surface area contributed by atoms with Gasteiger partial charge in [-0.2, -0.15) is 4.80 Å². The van der Waals surface area contributed by atoms with E-state index in [4.69, 9.17) is 11.6 Å². The first kappa shape index (κ1) is 18.5. The van der Waals surface area contributed by atoms with Gasteiger partial charge in [0.15, 0.2) is 0 Å². The molecular formula is C19H18ClFN6O. The van der Waals surface area contributed by atoms with Crippen LogP contribution >= 0.6 is 11.6 Å². The number of tetrazole rings is 1. The lowest BCUT2D eigenvalue weighted by molar-refractivity contribution is -0.131. The minimum atomic E-state index is -0.415. The van der Waals surface area contributed by atoms with Crippen LogP contribution in [0.5, 0.6) is 0 Å². The summed E-state index contributed by atoms with van der Waals surface area (Å²) < 4.78 is 13.2. The number of hydrogen-bond donors (Lipinski definition) is 0. The molecule has 7 nitrogen and oxygen atoms in total. The van der Waals surface area contributed by atoms with Gasteiger partial charge in [-0.25, -0.2) is 4.39 Å². The molecule has 4 rings (SSSR count). The summed E-state index contributed by atoms with van der Waals surface area (Å²) in [6.07, 6.45) is 5.29. The highest BCUT2D eigenvalue weighted by Gasteiger charge is 2.30. The molecule has 0 aliphatic carbocycles. The van der Waals surface area contributed by atoms with E-state index in [-0.39, 0.29) is 23.4 Å². The Balaban J connectivity index is 1.43. The molecule has 0 N–H and O–H groups in total. The second-order valence-corrected chi connectivity index (χ2v) is 7.11. The van der Waals surface area contributed by atoms with Gasteiger partial charge in [0, 0.05) is 29.5 Å². The van der Waals surface area contributed by atoms with Crippen LogP contribution in [0.25, 0.3) is 11.4 Å². The molecule has 1 aliphatic heterocycles. The highest BCUT2D eigenvalue weighted by Crippen LogP contribution is 2.23. The van der Waals surface area contributed by atoms with Gasteiger partial charge >= 0.3 is 0 Å². The van der Waals surface area contributed by atoms with E-state index in [1.54, 1.807) is 18.5 Å². The molecule has 1 saturated heterocycles. The summed E-state index contributed by atoms with van der Waals surface area (Å²) in [5, 5.41) is 12.8. The zero-order valence-electron chi connectivity index (χ0n) is 15.0. The van der Waals surface area contributed by atoms with Crippen LogP contribution in [-0.4, -0.2) is 48.6 Å². The van der Waals surface area contributed by atoms with Crippen LogP contribution in [0, 0.1) is 5.82 Å². The van der Waals surface area contributed by atoms with Gasteiger partial charge in [-0.05, 0) is 47.9 Å². The monoisotopic (exact) mass is 400 g/mol. The first-order valence-corrected chi connectivity index (χ1v) is 9.39. The van der Waals surface area contributed by atoms with Crippen LogP contribution < -0.4 is 0 Å². The fourth-order valence-corrected chi connectivity index (χ4v) is 3.64. The molecule has 2 aromatic heterocycles. The third-order valence-corrected chi connectivity index (χ3v) is 5.15. The van der Waals surface area contributed by atoms with Crippen molar-refractivity contribution in [1.82, 2.24) is 30.1 Å². The summed E-state index contributed by atoms with van der Waals surface area (Å²) in [6.45, 7) is 1.14. The second kappa shape index (κ2) is 8.02. The van der Waals surface area contributed by atoms with Crippen molar-refractivity contribution in [2.24, 2.45) is 0 Å². The van der Waals surface area contributed by atoms with Crippen LogP contribution in [0.15, 0.2) is 42.7 Å². The van der Waals surface area contributed by atoms with Gasteiger partial charge in [0.2, 0.25) is 11.7 Å². The number of amides is 1. The fourth-order valence-electron chi connectivity index (χ4n) is 3.40. The molecule has 1 atom stereocenters. The summed E-state index contributed by atoms with van der Waals surface area (Å²) in [6, 6.07) is 7.77. The Labute approximate surface area is 166 Å². The lowest BCUT2D eigenvalue weighted by atomic mass is 10.1. The zero-order valence-corrected chi connectivity index (χ0v) is 15.8. The number of carbonyl (C=O) groups excluding carboxylic acids is 1. The van der Waals surface area contributed by atoms with E-state index in [0.29, 0.717) is 24.5 Å². The van der Waals surface area contributed by atoms with Crippen molar-refractivity contribution < 1.29 is 9.18 Å². The van der Waals surface area contributed by atoms with E-state index >= 15 is 0 Å². The first-order chi connectivity index (χ1) is 13.6. The molecule has 0 bridgehead atoms. The average molecular weight is 401 g/mol. The number of nitrogens with zero attached hydrogens (tertiary/aromatic N) is 6. The zero-order chi connectivity index (χ0) is 19.5. The van der Waals surface area contributed by atoms with Crippen molar-refractivity contribution in [2.45, 2.75) is 31.8 Å². The molecule has 3 heterocycles. The van der Waals surface area contributed by atoms with E-state index < -0.39 is 5.82 Å². The third-order valence-electron chi connectivity index (χ3n) is 4.80. The molecule has 3 aromatic rings. The maximum absolute atomic E-state index is 13.2. The van der Waals surface area contributed by atoms with Crippen LogP contribution in [-0.2, 0) is 17.8 Å². The molecule has 0 radical (unpaired) electrons. The number of hydrogen-bond acceptors (Lipinski definition) is 5. The lowest BCUT2D eigenvalue weighted by Crippen LogP contribution is -2.39. The van der Waals surface area contributed by atoms with Crippen LogP contribution in [0.2, 0.25) is 5.02 Å². The van der Waals surface area contributed by atoms with E-state index in [0.717, 1.165) is 18.4 Å². The van der Waals surface area contributed by atoms with Gasteiger partial charge < -0.3 is 4.90 Å². The summed E-state index contributed by atoms with van der Waals surface area (Å²) in [4.78, 5) is 20.2. The Morgan fingerprint density at radius 1 is 1.32 bits per heavy atom. The van der Waals surface area contributed by atoms with Gasteiger partial charge in [-0.15, -0.1) is 10.2 Å². The largest absolute Gasteiger partial charge is 0.337 e. The molecule has 28 heavy (non-hydrogen) atoms. The maximum atomic E-state index is 13.2. The van der Waals surface area contributed by atoms with Crippen molar-refractivity contribution in [3.8, 4) is 11.4 Å². The molecular weight excluding hydrogens is 383 g/mol. The van der Waals surface area contributed by atoms with Crippen molar-refractivity contribution in [3.63, 3.8) is 0 Å². The van der Waals surface area contributed by atoms with Crippen molar-refractivity contribution >= 4 is 17.5 Å². The number of likely N-dealkylation sites (tertiary alicyclic amines) is 1. The Morgan fingerprint density at radius 2 is 2.21 bits per heavy atom. The third kappa shape index (κ3) is 4.01. The predicted molar refractivity (Wildman–Crippen MR) is 101 cm³/mol. The molecule has 0 unspecified atom stereocenters. The minimum Gasteiger partial charge on any atom is -0.337 e. The number of aromatic nitrogens is 5. The van der Waals surface area contributed by atoms with Crippen LogP contribution in [0.1, 0.15) is 18.4 Å². The normalized spacial score (nSPS) is 16.5. The molecule has 0 saturated carbocycles. The van der Waals surface area contributed by atoms with E-state index in [2.05, 4.69) is 20.4 Å². The Morgan fingerprint density at radius 3 is 3.00 bits per heavy atom. The van der Waals surface area contributed by atoms with Crippen molar-refractivity contribution in [3.05, 3.63) is 59.1 Å². The highest BCUT2D eigenvalue weighted by atomic mass is 35.5. The number of benzene rings is 1. The van der Waals surface area contributed by atoms with Gasteiger partial charge in [-0.1, -0.05) is 17.7 Å². The van der Waals surface area contributed by atoms with E-state index in [1.165, 1.54) is 16.9 Å². The van der Waals surface area contributed by atoms with Gasteiger partial charge in [0.05, 0.1) is 19.0 Å². The second-order valence-electron chi connectivity index (χ2n) is 6.71. The maximum Gasteiger partial charge on any atom is 0.227 e. The smallest absolute Gasteiger partial charge is 0.227 e. The fraction of sp³-hybridized carbons (Fsp3) is 0.316. The summed E-state index contributed by atoms with van der Waals surface area (Å²) in [7, 11) is 0. The number of rotatable bonds is 5. The quantitative estimate of drug-likeness (QED) is 0.658. The Bertz CT molecular complexity index is 980. The van der Waals surface area contributed by atoms with Gasteiger partial charge in [0.1, 0.15) is 5.82 Å². The van der Waals surface area contributed by atoms with Gasteiger partial charge in [-0.3, -0.25) is 9.78 Å². The molecule has 1 fully saturated rings. The van der Waals surface area contributed by atoms with Gasteiger partial charge in [0.25, 0.3) is 0 Å². The molecule has 144 valence electrons. The van der Waals surface area contributed by atoms with E-state index in [9.17, 15) is 9.18 Å². The number of pyridine rings is 1. The molecule has 1 aromatic carbocycles. The van der Waals surface area contributed by atoms with Crippen LogP contribution in [0.4, 0.5) is 4.39 Å². The summed E-state index contributed by atoms with van der Waals surface area (Å²) >= 11 is 6.06. The first-order valence-electron chi connectivity index (χ1n) is 9.02. The predicted octanol–water partition coefficient (Wildman–Crippen LogP) is 2.76. The van der Waals surface area contributed by atoms with Crippen molar-refractivity contribution in [2.75, 3.05) is 6.54 Å². The molecule has 1 amide bonds. The number of carbonyl (C=O) groups is 1. The number of halogens is 2.